The quantitative estimate of drug-likeness (QED) is 0.599. The molecule has 0 aromatic heterocycles. The van der Waals surface area contributed by atoms with Gasteiger partial charge in [-0.25, -0.2) is 0 Å². The second kappa shape index (κ2) is 3.74. The van der Waals surface area contributed by atoms with Crippen molar-refractivity contribution < 1.29 is 13.2 Å². The minimum Gasteiger partial charge on any atom is -0.171 e. The molecule has 1 aliphatic rings. The van der Waals surface area contributed by atoms with Crippen LogP contribution in [0.1, 0.15) is 46.5 Å². The Balaban J connectivity index is 2.82. The van der Waals surface area contributed by atoms with E-state index in [4.69, 9.17) is 0 Å². The fraction of sp³-hybridized carbons (Fsp3) is 1.00. The summed E-state index contributed by atoms with van der Waals surface area (Å²) in [6.45, 7) is 5.09. The second-order valence-electron chi connectivity index (χ2n) is 5.43. The Hall–Kier alpha value is -0.210. The van der Waals surface area contributed by atoms with Crippen molar-refractivity contribution in [3.63, 3.8) is 0 Å². The van der Waals surface area contributed by atoms with Gasteiger partial charge in [0.2, 0.25) is 0 Å². The summed E-state index contributed by atoms with van der Waals surface area (Å²) in [6, 6.07) is 0. The standard InChI is InChI=1S/C11H19F3/c1-10(2,3)9(11(12,13)14)8-6-4-5-7-8/h8-9H,4-7H2,1-3H3. The predicted octanol–water partition coefficient (Wildman–Crippen LogP) is 4.40. The van der Waals surface area contributed by atoms with Gasteiger partial charge in [-0.3, -0.25) is 0 Å². The highest BCUT2D eigenvalue weighted by molar-refractivity contribution is 4.87. The molecule has 0 bridgehead atoms. The SMILES string of the molecule is CC(C)(C)C(C1CCCC1)C(F)(F)F. The zero-order valence-corrected chi connectivity index (χ0v) is 9.12. The van der Waals surface area contributed by atoms with E-state index in [-0.39, 0.29) is 5.92 Å². The molecular weight excluding hydrogens is 189 g/mol. The maximum atomic E-state index is 12.9. The zero-order chi connectivity index (χ0) is 11.0. The lowest BCUT2D eigenvalue weighted by molar-refractivity contribution is -0.215. The molecule has 0 nitrogen and oxygen atoms in total. The van der Waals surface area contributed by atoms with Crippen molar-refractivity contribution in [3.05, 3.63) is 0 Å². The number of hydrogen-bond donors (Lipinski definition) is 0. The minimum atomic E-state index is -4.03. The molecule has 1 aliphatic carbocycles. The maximum absolute atomic E-state index is 12.9. The third-order valence-corrected chi connectivity index (χ3v) is 3.16. The van der Waals surface area contributed by atoms with Crippen molar-refractivity contribution in [2.45, 2.75) is 52.6 Å². The number of hydrogen-bond acceptors (Lipinski definition) is 0. The molecule has 1 unspecified atom stereocenters. The van der Waals surface area contributed by atoms with Crippen LogP contribution in [0.25, 0.3) is 0 Å². The molecule has 1 saturated carbocycles. The first-order valence-electron chi connectivity index (χ1n) is 5.29. The molecule has 84 valence electrons. The van der Waals surface area contributed by atoms with E-state index in [1.54, 1.807) is 20.8 Å². The van der Waals surface area contributed by atoms with Gasteiger partial charge in [-0.05, 0) is 24.2 Å². The van der Waals surface area contributed by atoms with E-state index >= 15 is 0 Å². The van der Waals surface area contributed by atoms with Gasteiger partial charge in [0.25, 0.3) is 0 Å². The summed E-state index contributed by atoms with van der Waals surface area (Å²) in [5.41, 5.74) is -0.659. The van der Waals surface area contributed by atoms with E-state index in [1.807, 2.05) is 0 Å². The largest absolute Gasteiger partial charge is 0.392 e. The zero-order valence-electron chi connectivity index (χ0n) is 9.12. The van der Waals surface area contributed by atoms with E-state index < -0.39 is 17.5 Å². The van der Waals surface area contributed by atoms with Gasteiger partial charge in [0.1, 0.15) is 0 Å². The second-order valence-corrected chi connectivity index (χ2v) is 5.43. The van der Waals surface area contributed by atoms with Crippen LogP contribution in [0.15, 0.2) is 0 Å². The summed E-state index contributed by atoms with van der Waals surface area (Å²) in [7, 11) is 0. The first-order valence-corrected chi connectivity index (χ1v) is 5.29. The van der Waals surface area contributed by atoms with Gasteiger partial charge in [0.15, 0.2) is 0 Å². The van der Waals surface area contributed by atoms with E-state index in [1.165, 1.54) is 0 Å². The first-order chi connectivity index (χ1) is 6.23. The van der Waals surface area contributed by atoms with Gasteiger partial charge in [0.05, 0.1) is 5.92 Å². The van der Waals surface area contributed by atoms with Gasteiger partial charge in [0, 0.05) is 0 Å². The summed E-state index contributed by atoms with van der Waals surface area (Å²) in [6.07, 6.45) is -0.600. The normalized spacial score (nSPS) is 22.7. The van der Waals surface area contributed by atoms with Crippen molar-refractivity contribution in [2.75, 3.05) is 0 Å². The topological polar surface area (TPSA) is 0 Å². The van der Waals surface area contributed by atoms with E-state index in [0.717, 1.165) is 25.7 Å². The van der Waals surface area contributed by atoms with E-state index in [0.29, 0.717) is 0 Å². The van der Waals surface area contributed by atoms with Crippen molar-refractivity contribution in [2.24, 2.45) is 17.3 Å². The molecular formula is C11H19F3. The van der Waals surface area contributed by atoms with Crippen LogP contribution in [0.3, 0.4) is 0 Å². The molecule has 0 radical (unpaired) electrons. The average Bonchev–Trinajstić information content (AvgIpc) is 2.31. The fourth-order valence-corrected chi connectivity index (χ4v) is 2.76. The molecule has 0 amide bonds. The summed E-state index contributed by atoms with van der Waals surface area (Å²) in [5, 5.41) is 0. The third-order valence-electron chi connectivity index (χ3n) is 3.16. The Labute approximate surface area is 83.9 Å². The third kappa shape index (κ3) is 2.64. The van der Waals surface area contributed by atoms with Crippen LogP contribution < -0.4 is 0 Å². The molecule has 1 atom stereocenters. The van der Waals surface area contributed by atoms with Gasteiger partial charge in [-0.15, -0.1) is 0 Å². The highest BCUT2D eigenvalue weighted by Gasteiger charge is 2.51. The van der Waals surface area contributed by atoms with Crippen molar-refractivity contribution >= 4 is 0 Å². The van der Waals surface area contributed by atoms with Gasteiger partial charge in [-0.1, -0.05) is 33.6 Å². The number of alkyl halides is 3. The lowest BCUT2D eigenvalue weighted by Crippen LogP contribution is -2.39. The number of rotatable bonds is 1. The van der Waals surface area contributed by atoms with E-state index in [9.17, 15) is 13.2 Å². The highest BCUT2D eigenvalue weighted by atomic mass is 19.4. The maximum Gasteiger partial charge on any atom is 0.392 e. The molecule has 14 heavy (non-hydrogen) atoms. The summed E-state index contributed by atoms with van der Waals surface area (Å²) >= 11 is 0. The summed E-state index contributed by atoms with van der Waals surface area (Å²) in [5.74, 6) is -1.27. The molecule has 1 fully saturated rings. The average molecular weight is 208 g/mol. The number of halogens is 3. The van der Waals surface area contributed by atoms with Gasteiger partial charge in [-0.2, -0.15) is 13.2 Å². The van der Waals surface area contributed by atoms with Crippen LogP contribution in [0.5, 0.6) is 0 Å². The molecule has 0 aromatic carbocycles. The van der Waals surface area contributed by atoms with E-state index in [2.05, 4.69) is 0 Å². The molecule has 0 spiro atoms. The Morgan fingerprint density at radius 3 is 1.71 bits per heavy atom. The van der Waals surface area contributed by atoms with Crippen molar-refractivity contribution in [1.29, 1.82) is 0 Å². The van der Waals surface area contributed by atoms with Gasteiger partial charge >= 0.3 is 6.18 Å². The molecule has 0 aromatic rings. The van der Waals surface area contributed by atoms with Crippen LogP contribution in [-0.2, 0) is 0 Å². The molecule has 1 rings (SSSR count). The Morgan fingerprint density at radius 1 is 1.00 bits per heavy atom. The predicted molar refractivity (Wildman–Crippen MR) is 51.0 cm³/mol. The molecule has 0 aliphatic heterocycles. The van der Waals surface area contributed by atoms with Crippen molar-refractivity contribution in [1.82, 2.24) is 0 Å². The molecule has 0 saturated heterocycles. The highest BCUT2D eigenvalue weighted by Crippen LogP contribution is 2.49. The van der Waals surface area contributed by atoms with Crippen LogP contribution in [0.2, 0.25) is 0 Å². The van der Waals surface area contributed by atoms with Crippen molar-refractivity contribution in [3.8, 4) is 0 Å². The summed E-state index contributed by atoms with van der Waals surface area (Å²) < 4.78 is 38.6. The lowest BCUT2D eigenvalue weighted by Gasteiger charge is -2.36. The molecule has 0 heterocycles. The molecule has 3 heteroatoms. The summed E-state index contributed by atoms with van der Waals surface area (Å²) in [4.78, 5) is 0. The Kier molecular flexibility index (Phi) is 3.17. The van der Waals surface area contributed by atoms with Gasteiger partial charge < -0.3 is 0 Å². The monoisotopic (exact) mass is 208 g/mol. The lowest BCUT2D eigenvalue weighted by atomic mass is 9.72. The Morgan fingerprint density at radius 2 is 1.43 bits per heavy atom. The first kappa shape index (κ1) is 11.9. The minimum absolute atomic E-state index is 0.144. The van der Waals surface area contributed by atoms with Crippen LogP contribution in [0, 0.1) is 17.3 Å². The van der Waals surface area contributed by atoms with Crippen LogP contribution in [-0.4, -0.2) is 6.18 Å². The van der Waals surface area contributed by atoms with Crippen LogP contribution >= 0.6 is 0 Å². The molecule has 0 N–H and O–H groups in total. The Bertz CT molecular complexity index is 168. The smallest absolute Gasteiger partial charge is 0.171 e. The van der Waals surface area contributed by atoms with Crippen LogP contribution in [0.4, 0.5) is 13.2 Å². The fourth-order valence-electron chi connectivity index (χ4n) is 2.76.